The minimum absolute atomic E-state index is 0.162. The van der Waals surface area contributed by atoms with Crippen LogP contribution in [0.15, 0.2) is 121 Å². The molecule has 3 nitrogen and oxygen atoms in total. The lowest BCUT2D eigenvalue weighted by atomic mass is 10.4. The van der Waals surface area contributed by atoms with Crippen molar-refractivity contribution in [1.29, 1.82) is 0 Å². The first-order valence-electron chi connectivity index (χ1n) is 10.4. The topological polar surface area (TPSA) is 51.2 Å². The van der Waals surface area contributed by atoms with E-state index in [0.717, 1.165) is 0 Å². The Kier molecular flexibility index (Phi) is 6.70. The highest BCUT2D eigenvalue weighted by atomic mass is 31.2. The molecule has 0 aliphatic rings. The standard InChI is InChI=1S/C27H24O3P2/c28-23(21-31(29,24-13-5-1-6-14-24)25-15-7-2-8-16-25)22-32(30,26-17-9-3-10-18-26)27-19-11-4-12-20-27/h1-20H,21-22H2. The van der Waals surface area contributed by atoms with Crippen molar-refractivity contribution >= 4 is 41.3 Å². The molecule has 0 spiro atoms. The first-order valence-corrected chi connectivity index (χ1v) is 14.2. The highest BCUT2D eigenvalue weighted by Crippen LogP contribution is 2.47. The fourth-order valence-corrected chi connectivity index (χ4v) is 9.22. The molecule has 0 amide bonds. The Labute approximate surface area is 188 Å². The Morgan fingerprint density at radius 3 is 0.875 bits per heavy atom. The van der Waals surface area contributed by atoms with Crippen LogP contribution < -0.4 is 21.2 Å². The van der Waals surface area contributed by atoms with E-state index < -0.39 is 14.3 Å². The van der Waals surface area contributed by atoms with Gasteiger partial charge in [0.1, 0.15) is 20.1 Å². The van der Waals surface area contributed by atoms with E-state index in [1.807, 2.05) is 72.8 Å². The predicted molar refractivity (Wildman–Crippen MR) is 134 cm³/mol. The number of hydrogen-bond donors (Lipinski definition) is 0. The van der Waals surface area contributed by atoms with Crippen LogP contribution in [0, 0.1) is 0 Å². The van der Waals surface area contributed by atoms with Crippen LogP contribution in [-0.4, -0.2) is 18.1 Å². The molecule has 5 heteroatoms. The molecule has 0 fully saturated rings. The van der Waals surface area contributed by atoms with Gasteiger partial charge in [-0.2, -0.15) is 0 Å². The van der Waals surface area contributed by atoms with Crippen molar-refractivity contribution in [1.82, 2.24) is 0 Å². The van der Waals surface area contributed by atoms with Crippen LogP contribution in [0.5, 0.6) is 0 Å². The van der Waals surface area contributed by atoms with E-state index in [1.165, 1.54) is 0 Å². The molecular weight excluding hydrogens is 434 g/mol. The SMILES string of the molecule is O=C(CP(=O)(c1ccccc1)c1ccccc1)CP(=O)(c1ccccc1)c1ccccc1. The van der Waals surface area contributed by atoms with E-state index >= 15 is 0 Å². The second kappa shape index (κ2) is 9.65. The van der Waals surface area contributed by atoms with Gasteiger partial charge in [-0.15, -0.1) is 0 Å². The summed E-state index contributed by atoms with van der Waals surface area (Å²) < 4.78 is 28.6. The molecule has 160 valence electrons. The average molecular weight is 458 g/mol. The molecule has 0 aliphatic heterocycles. The molecule has 4 aromatic carbocycles. The van der Waals surface area contributed by atoms with E-state index in [9.17, 15) is 13.9 Å². The number of ketones is 1. The summed E-state index contributed by atoms with van der Waals surface area (Å²) in [4.78, 5) is 13.4. The van der Waals surface area contributed by atoms with Gasteiger partial charge in [0.2, 0.25) is 0 Å². The molecule has 0 N–H and O–H groups in total. The molecule has 4 aromatic rings. The van der Waals surface area contributed by atoms with Crippen LogP contribution in [0.25, 0.3) is 0 Å². The van der Waals surface area contributed by atoms with Gasteiger partial charge >= 0.3 is 0 Å². The summed E-state index contributed by atoms with van der Waals surface area (Å²) in [5.41, 5.74) is 0. The maximum atomic E-state index is 14.3. The number of hydrogen-bond acceptors (Lipinski definition) is 3. The minimum atomic E-state index is -3.22. The fraction of sp³-hybridized carbons (Fsp3) is 0.0741. The largest absolute Gasteiger partial charge is 0.313 e. The van der Waals surface area contributed by atoms with Crippen molar-refractivity contribution in [2.24, 2.45) is 0 Å². The van der Waals surface area contributed by atoms with Gasteiger partial charge in [-0.25, -0.2) is 0 Å². The molecule has 0 saturated heterocycles. The highest BCUT2D eigenvalue weighted by molar-refractivity contribution is 7.81. The van der Waals surface area contributed by atoms with Gasteiger partial charge in [0.15, 0.2) is 0 Å². The number of rotatable bonds is 8. The zero-order valence-corrected chi connectivity index (χ0v) is 19.4. The average Bonchev–Trinajstić information content (AvgIpc) is 2.86. The summed E-state index contributed by atoms with van der Waals surface area (Å²) in [7, 11) is -6.44. The second-order valence-electron chi connectivity index (χ2n) is 7.68. The molecule has 0 heterocycles. The molecule has 0 aliphatic carbocycles. The Morgan fingerprint density at radius 1 is 0.438 bits per heavy atom. The van der Waals surface area contributed by atoms with E-state index in [4.69, 9.17) is 0 Å². The van der Waals surface area contributed by atoms with Crippen molar-refractivity contribution in [3.8, 4) is 0 Å². The van der Waals surface area contributed by atoms with E-state index in [0.29, 0.717) is 21.2 Å². The highest BCUT2D eigenvalue weighted by Gasteiger charge is 2.35. The molecule has 0 aromatic heterocycles. The lowest BCUT2D eigenvalue weighted by molar-refractivity contribution is -0.114. The molecule has 0 saturated carbocycles. The maximum Gasteiger partial charge on any atom is 0.150 e. The van der Waals surface area contributed by atoms with Gasteiger partial charge in [-0.1, -0.05) is 121 Å². The Hall–Kier alpha value is -2.99. The Bertz CT molecular complexity index is 1080. The van der Waals surface area contributed by atoms with Crippen molar-refractivity contribution in [2.45, 2.75) is 0 Å². The first kappa shape index (κ1) is 22.2. The zero-order chi connectivity index (χ0) is 22.4. The molecule has 0 unspecified atom stereocenters. The lowest BCUT2D eigenvalue weighted by Gasteiger charge is -2.22. The Balaban J connectivity index is 1.72. The van der Waals surface area contributed by atoms with E-state index in [-0.39, 0.29) is 18.1 Å². The van der Waals surface area contributed by atoms with Crippen LogP contribution in [-0.2, 0) is 13.9 Å². The van der Waals surface area contributed by atoms with Crippen molar-refractivity contribution in [3.05, 3.63) is 121 Å². The minimum Gasteiger partial charge on any atom is -0.313 e. The third-order valence-corrected chi connectivity index (χ3v) is 11.6. The van der Waals surface area contributed by atoms with Crippen molar-refractivity contribution < 1.29 is 13.9 Å². The maximum absolute atomic E-state index is 14.3. The smallest absolute Gasteiger partial charge is 0.150 e. The Morgan fingerprint density at radius 2 is 0.656 bits per heavy atom. The molecular formula is C27H24O3P2. The quantitative estimate of drug-likeness (QED) is 0.363. The molecule has 0 bridgehead atoms. The van der Waals surface area contributed by atoms with Crippen LogP contribution in [0.4, 0.5) is 0 Å². The predicted octanol–water partition coefficient (Wildman–Crippen LogP) is 4.58. The van der Waals surface area contributed by atoms with Crippen LogP contribution in [0.1, 0.15) is 0 Å². The van der Waals surface area contributed by atoms with E-state index in [2.05, 4.69) is 0 Å². The summed E-state index contributed by atoms with van der Waals surface area (Å²) in [5.74, 6) is -0.267. The number of Topliss-reactive ketones (excluding diaryl/α,β-unsaturated/α-hetero) is 1. The molecule has 0 atom stereocenters. The second-order valence-corrected chi connectivity index (χ2v) is 13.3. The van der Waals surface area contributed by atoms with Gasteiger partial charge in [0.05, 0.1) is 12.3 Å². The summed E-state index contributed by atoms with van der Waals surface area (Å²) in [5, 5.41) is 2.53. The first-order chi connectivity index (χ1) is 15.5. The summed E-state index contributed by atoms with van der Waals surface area (Å²) in [6.45, 7) is 0. The summed E-state index contributed by atoms with van der Waals surface area (Å²) >= 11 is 0. The number of carbonyl (C=O) groups is 1. The normalized spacial score (nSPS) is 11.8. The van der Waals surface area contributed by atoms with Gasteiger partial charge in [0.25, 0.3) is 0 Å². The number of carbonyl (C=O) groups excluding carboxylic acids is 1. The molecule has 32 heavy (non-hydrogen) atoms. The monoisotopic (exact) mass is 458 g/mol. The molecule has 4 rings (SSSR count). The fourth-order valence-electron chi connectivity index (χ4n) is 3.89. The summed E-state index contributed by atoms with van der Waals surface area (Å²) in [6, 6.07) is 36.5. The van der Waals surface area contributed by atoms with Crippen molar-refractivity contribution in [3.63, 3.8) is 0 Å². The van der Waals surface area contributed by atoms with Crippen LogP contribution in [0.3, 0.4) is 0 Å². The third-order valence-electron chi connectivity index (χ3n) is 5.49. The van der Waals surface area contributed by atoms with Gasteiger partial charge in [-0.3, -0.25) is 4.79 Å². The van der Waals surface area contributed by atoms with Crippen LogP contribution in [0.2, 0.25) is 0 Å². The van der Waals surface area contributed by atoms with Crippen LogP contribution >= 0.6 is 14.3 Å². The van der Waals surface area contributed by atoms with Crippen molar-refractivity contribution in [2.75, 3.05) is 12.3 Å². The van der Waals surface area contributed by atoms with Gasteiger partial charge in [0, 0.05) is 21.2 Å². The summed E-state index contributed by atoms with van der Waals surface area (Å²) in [6.07, 6.45) is -0.324. The zero-order valence-electron chi connectivity index (χ0n) is 17.6. The van der Waals surface area contributed by atoms with E-state index in [1.54, 1.807) is 48.5 Å². The third kappa shape index (κ3) is 4.60. The lowest BCUT2D eigenvalue weighted by Crippen LogP contribution is -2.27. The number of benzene rings is 4. The van der Waals surface area contributed by atoms with Gasteiger partial charge < -0.3 is 9.13 Å². The van der Waals surface area contributed by atoms with Gasteiger partial charge in [-0.05, 0) is 0 Å². The molecule has 0 radical (unpaired) electrons.